The van der Waals surface area contributed by atoms with Gasteiger partial charge < -0.3 is 15.4 Å². The van der Waals surface area contributed by atoms with E-state index >= 15 is 0 Å². The minimum Gasteiger partial charge on any atom is -0.475 e. The number of amides is 1. The molecule has 1 aromatic rings. The van der Waals surface area contributed by atoms with Gasteiger partial charge in [-0.2, -0.15) is 0 Å². The number of hydrogen-bond donors (Lipinski definition) is 2. The summed E-state index contributed by atoms with van der Waals surface area (Å²) in [5.41, 5.74) is 1.02. The molecule has 1 unspecified atom stereocenters. The van der Waals surface area contributed by atoms with Crippen LogP contribution in [-0.2, 0) is 11.3 Å². The van der Waals surface area contributed by atoms with Crippen LogP contribution in [0.3, 0.4) is 0 Å². The Morgan fingerprint density at radius 3 is 2.88 bits per heavy atom. The lowest BCUT2D eigenvalue weighted by molar-refractivity contribution is -0.126. The monoisotopic (exact) mass is 369 g/mol. The number of nitrogens with zero attached hydrogens (tertiary/aromatic N) is 1. The number of pyridine rings is 1. The molecule has 0 saturated carbocycles. The average Bonchev–Trinajstić information content (AvgIpc) is 2.52. The van der Waals surface area contributed by atoms with Gasteiger partial charge in [0.25, 0.3) is 0 Å². The third-order valence-corrected chi connectivity index (χ3v) is 4.39. The fourth-order valence-electron chi connectivity index (χ4n) is 3.25. The van der Waals surface area contributed by atoms with Crippen molar-refractivity contribution in [1.29, 1.82) is 0 Å². The van der Waals surface area contributed by atoms with Gasteiger partial charge in [0.1, 0.15) is 0 Å². The molecule has 0 bridgehead atoms. The predicted octanol–water partition coefficient (Wildman–Crippen LogP) is 3.32. The third-order valence-electron chi connectivity index (χ3n) is 4.39. The van der Waals surface area contributed by atoms with Crippen molar-refractivity contribution in [1.82, 2.24) is 15.6 Å². The third kappa shape index (κ3) is 7.61. The average molecular weight is 370 g/mol. The second-order valence-electron chi connectivity index (χ2n) is 7.35. The van der Waals surface area contributed by atoms with E-state index in [1.807, 2.05) is 12.1 Å². The molecule has 1 aliphatic rings. The summed E-state index contributed by atoms with van der Waals surface area (Å²) in [6.07, 6.45) is 4.69. The van der Waals surface area contributed by atoms with Crippen molar-refractivity contribution in [2.45, 2.75) is 65.6 Å². The van der Waals surface area contributed by atoms with Crippen LogP contribution in [-0.4, -0.2) is 29.6 Å². The topological polar surface area (TPSA) is 63.2 Å². The van der Waals surface area contributed by atoms with Crippen LogP contribution in [0, 0.1) is 11.8 Å². The first-order valence-corrected chi connectivity index (χ1v) is 9.06. The number of aromatic nitrogens is 1. The van der Waals surface area contributed by atoms with E-state index in [2.05, 4.69) is 43.3 Å². The summed E-state index contributed by atoms with van der Waals surface area (Å²) >= 11 is 0. The van der Waals surface area contributed by atoms with Crippen LogP contribution in [0.15, 0.2) is 18.3 Å². The highest BCUT2D eigenvalue weighted by molar-refractivity contribution is 5.85. The molecule has 142 valence electrons. The summed E-state index contributed by atoms with van der Waals surface area (Å²) in [5.74, 6) is 1.49. The van der Waals surface area contributed by atoms with E-state index in [1.165, 1.54) is 0 Å². The Morgan fingerprint density at radius 1 is 1.44 bits per heavy atom. The van der Waals surface area contributed by atoms with Gasteiger partial charge in [0.15, 0.2) is 0 Å². The molecule has 5 nitrogen and oxygen atoms in total. The van der Waals surface area contributed by atoms with Crippen molar-refractivity contribution in [3.8, 4) is 5.88 Å². The van der Waals surface area contributed by atoms with E-state index in [1.54, 1.807) is 6.20 Å². The summed E-state index contributed by atoms with van der Waals surface area (Å²) in [5, 5.41) is 6.43. The van der Waals surface area contributed by atoms with Gasteiger partial charge in [0.05, 0.1) is 6.10 Å². The van der Waals surface area contributed by atoms with Gasteiger partial charge in [0.2, 0.25) is 11.8 Å². The Balaban J connectivity index is 0.00000312. The Hall–Kier alpha value is -1.33. The fourth-order valence-corrected chi connectivity index (χ4v) is 3.25. The number of piperidine rings is 1. The number of rotatable bonds is 7. The molecule has 1 fully saturated rings. The van der Waals surface area contributed by atoms with Gasteiger partial charge in [-0.3, -0.25) is 4.79 Å². The van der Waals surface area contributed by atoms with E-state index in [0.717, 1.165) is 31.4 Å². The van der Waals surface area contributed by atoms with E-state index < -0.39 is 0 Å². The van der Waals surface area contributed by atoms with Crippen molar-refractivity contribution in [3.05, 3.63) is 23.9 Å². The van der Waals surface area contributed by atoms with Crippen molar-refractivity contribution in [2.75, 3.05) is 6.54 Å². The van der Waals surface area contributed by atoms with Crippen molar-refractivity contribution < 1.29 is 9.53 Å². The summed E-state index contributed by atoms with van der Waals surface area (Å²) < 4.78 is 5.87. The maximum absolute atomic E-state index is 12.3. The number of ether oxygens (including phenoxy) is 1. The summed E-state index contributed by atoms with van der Waals surface area (Å²) in [7, 11) is 0. The minimum atomic E-state index is 0. The zero-order valence-electron chi connectivity index (χ0n) is 15.7. The SMILES string of the molecule is CC(C)CC(C)Oc1cc(CNC(=O)[C@H]2CCN[C@@H](C)C2)ccn1.Cl. The fraction of sp³-hybridized carbons (Fsp3) is 0.684. The lowest BCUT2D eigenvalue weighted by Crippen LogP contribution is -2.42. The van der Waals surface area contributed by atoms with E-state index in [9.17, 15) is 4.79 Å². The molecule has 1 aliphatic heterocycles. The molecule has 3 atom stereocenters. The number of carbonyl (C=O) groups is 1. The minimum absolute atomic E-state index is 0. The van der Waals surface area contributed by atoms with Crippen LogP contribution in [0.4, 0.5) is 0 Å². The quantitative estimate of drug-likeness (QED) is 0.773. The van der Waals surface area contributed by atoms with Gasteiger partial charge in [-0.25, -0.2) is 4.98 Å². The van der Waals surface area contributed by atoms with Crippen LogP contribution < -0.4 is 15.4 Å². The summed E-state index contributed by atoms with van der Waals surface area (Å²) in [6, 6.07) is 4.26. The maximum atomic E-state index is 12.3. The molecular formula is C19H32ClN3O2. The predicted molar refractivity (Wildman–Crippen MR) is 103 cm³/mol. The molecule has 0 aromatic carbocycles. The van der Waals surface area contributed by atoms with E-state index in [-0.39, 0.29) is 30.3 Å². The number of halogens is 1. The molecule has 1 aromatic heterocycles. The largest absolute Gasteiger partial charge is 0.475 e. The van der Waals surface area contributed by atoms with Gasteiger partial charge in [-0.05, 0) is 57.2 Å². The number of nitrogens with one attached hydrogen (secondary N) is 2. The molecule has 2 heterocycles. The van der Waals surface area contributed by atoms with Crippen LogP contribution in [0.1, 0.15) is 52.5 Å². The smallest absolute Gasteiger partial charge is 0.223 e. The highest BCUT2D eigenvalue weighted by Crippen LogP contribution is 2.17. The highest BCUT2D eigenvalue weighted by atomic mass is 35.5. The standard InChI is InChI=1S/C19H31N3O2.ClH/c1-13(2)9-15(4)24-18-11-16(5-7-21-18)12-22-19(23)17-6-8-20-14(3)10-17;/h5,7,11,13-15,17,20H,6,8-10,12H2,1-4H3,(H,22,23);1H/t14-,15?,17-;/m0./s1. The molecule has 0 aliphatic carbocycles. The highest BCUT2D eigenvalue weighted by Gasteiger charge is 2.24. The first kappa shape index (κ1) is 21.7. The maximum Gasteiger partial charge on any atom is 0.223 e. The lowest BCUT2D eigenvalue weighted by atomic mass is 9.92. The van der Waals surface area contributed by atoms with Crippen LogP contribution in [0.25, 0.3) is 0 Å². The number of hydrogen-bond acceptors (Lipinski definition) is 4. The van der Waals surface area contributed by atoms with Crippen molar-refractivity contribution in [2.24, 2.45) is 11.8 Å². The van der Waals surface area contributed by atoms with E-state index in [4.69, 9.17) is 4.74 Å². The molecule has 25 heavy (non-hydrogen) atoms. The van der Waals surface area contributed by atoms with Gasteiger partial charge >= 0.3 is 0 Å². The zero-order valence-corrected chi connectivity index (χ0v) is 16.6. The molecule has 1 saturated heterocycles. The van der Waals surface area contributed by atoms with Crippen LogP contribution in [0.2, 0.25) is 0 Å². The van der Waals surface area contributed by atoms with Gasteiger partial charge in [0, 0.05) is 30.8 Å². The molecular weight excluding hydrogens is 338 g/mol. The van der Waals surface area contributed by atoms with E-state index in [0.29, 0.717) is 24.4 Å². The first-order chi connectivity index (χ1) is 11.4. The van der Waals surface area contributed by atoms with Gasteiger partial charge in [-0.15, -0.1) is 12.4 Å². The Morgan fingerprint density at radius 2 is 2.20 bits per heavy atom. The summed E-state index contributed by atoms with van der Waals surface area (Å²) in [6.45, 7) is 10.00. The second kappa shape index (κ2) is 10.6. The molecule has 1 amide bonds. The summed E-state index contributed by atoms with van der Waals surface area (Å²) in [4.78, 5) is 16.6. The first-order valence-electron chi connectivity index (χ1n) is 9.06. The normalized spacial score (nSPS) is 21.3. The van der Waals surface area contributed by atoms with Crippen LogP contribution in [0.5, 0.6) is 5.88 Å². The van der Waals surface area contributed by atoms with Crippen molar-refractivity contribution in [3.63, 3.8) is 0 Å². The lowest BCUT2D eigenvalue weighted by Gasteiger charge is -2.27. The Kier molecular flexibility index (Phi) is 9.22. The van der Waals surface area contributed by atoms with Crippen LogP contribution >= 0.6 is 12.4 Å². The Labute approximate surface area is 157 Å². The number of carbonyl (C=O) groups excluding carboxylic acids is 1. The Bertz CT molecular complexity index is 539. The van der Waals surface area contributed by atoms with Crippen molar-refractivity contribution >= 4 is 18.3 Å². The molecule has 2 N–H and O–H groups in total. The second-order valence-corrected chi connectivity index (χ2v) is 7.35. The molecule has 2 rings (SSSR count). The molecule has 6 heteroatoms. The van der Waals surface area contributed by atoms with Gasteiger partial charge in [-0.1, -0.05) is 13.8 Å². The molecule has 0 spiro atoms. The molecule has 0 radical (unpaired) electrons. The zero-order chi connectivity index (χ0) is 17.5.